The molecule has 31 heavy (non-hydrogen) atoms. The number of alkyl halides is 3. The second kappa shape index (κ2) is 7.85. The smallest absolute Gasteiger partial charge is 0.419 e. The zero-order valence-electron chi connectivity index (χ0n) is 16.6. The van der Waals surface area contributed by atoms with E-state index in [4.69, 9.17) is 4.74 Å². The highest BCUT2D eigenvalue weighted by atomic mass is 19.4. The summed E-state index contributed by atoms with van der Waals surface area (Å²) in [5, 5.41) is 14.1. The third-order valence-corrected chi connectivity index (χ3v) is 5.32. The summed E-state index contributed by atoms with van der Waals surface area (Å²) in [5.41, 5.74) is -0.845. The van der Waals surface area contributed by atoms with Crippen LogP contribution in [-0.4, -0.2) is 35.0 Å². The van der Waals surface area contributed by atoms with Crippen LogP contribution in [0, 0.1) is 12.7 Å². The van der Waals surface area contributed by atoms with Crippen molar-refractivity contribution in [3.63, 3.8) is 0 Å². The van der Waals surface area contributed by atoms with Gasteiger partial charge in [-0.15, -0.1) is 0 Å². The van der Waals surface area contributed by atoms with Gasteiger partial charge in [0.05, 0.1) is 12.1 Å². The van der Waals surface area contributed by atoms with Crippen molar-refractivity contribution in [2.75, 3.05) is 18.5 Å². The van der Waals surface area contributed by atoms with Crippen LogP contribution in [0.15, 0.2) is 54.6 Å². The van der Waals surface area contributed by atoms with Gasteiger partial charge in [-0.3, -0.25) is 4.98 Å². The van der Waals surface area contributed by atoms with Gasteiger partial charge in [0.1, 0.15) is 6.61 Å². The first-order valence-electron chi connectivity index (χ1n) is 9.68. The lowest BCUT2D eigenvalue weighted by molar-refractivity contribution is -0.252. The molecule has 3 aromatic rings. The minimum atomic E-state index is -4.92. The maximum atomic E-state index is 14.0. The van der Waals surface area contributed by atoms with Crippen molar-refractivity contribution in [3.8, 4) is 5.75 Å². The number of aromatic nitrogens is 1. The van der Waals surface area contributed by atoms with Gasteiger partial charge in [-0.1, -0.05) is 18.2 Å². The highest BCUT2D eigenvalue weighted by Crippen LogP contribution is 2.42. The highest BCUT2D eigenvalue weighted by Gasteiger charge is 2.54. The van der Waals surface area contributed by atoms with Gasteiger partial charge in [-0.05, 0) is 48.9 Å². The third kappa shape index (κ3) is 4.07. The van der Waals surface area contributed by atoms with Gasteiger partial charge in [0.2, 0.25) is 0 Å². The van der Waals surface area contributed by atoms with E-state index >= 15 is 0 Å². The standard InChI is InChI=1S/C23H20F4N2O2/c1-14-8-9-17-19(6-3-7-20(17)29-14)28-13-22(30,23(25,26)27)12-15-10-11-31-21-16(15)4-2-5-18(21)24/h2-10,28,30H,11-13H2,1H3. The first-order chi connectivity index (χ1) is 14.7. The molecule has 0 aliphatic carbocycles. The Kier molecular flexibility index (Phi) is 5.35. The second-order valence-electron chi connectivity index (χ2n) is 7.54. The van der Waals surface area contributed by atoms with Gasteiger partial charge < -0.3 is 15.2 Å². The van der Waals surface area contributed by atoms with Crippen LogP contribution in [0.4, 0.5) is 23.2 Å². The summed E-state index contributed by atoms with van der Waals surface area (Å²) in [6.07, 6.45) is -4.24. The number of aliphatic hydroxyl groups is 1. The van der Waals surface area contributed by atoms with Crippen molar-refractivity contribution in [2.24, 2.45) is 0 Å². The predicted molar refractivity (Wildman–Crippen MR) is 110 cm³/mol. The SMILES string of the molecule is Cc1ccc2c(NCC(O)(CC3=CCOc4c(F)cccc43)C(F)(F)F)cccc2n1. The fourth-order valence-electron chi connectivity index (χ4n) is 3.64. The Balaban J connectivity index is 1.63. The maximum Gasteiger partial charge on any atom is 0.419 e. The molecule has 2 aromatic carbocycles. The lowest BCUT2D eigenvalue weighted by Crippen LogP contribution is -2.50. The molecular weight excluding hydrogens is 412 g/mol. The van der Waals surface area contributed by atoms with E-state index in [-0.39, 0.29) is 23.5 Å². The van der Waals surface area contributed by atoms with Gasteiger partial charge in [0.15, 0.2) is 17.2 Å². The molecule has 0 saturated carbocycles. The number of benzene rings is 2. The molecule has 0 radical (unpaired) electrons. The molecule has 162 valence electrons. The fraction of sp³-hybridized carbons (Fsp3) is 0.261. The summed E-state index contributed by atoms with van der Waals surface area (Å²) < 4.78 is 61.1. The van der Waals surface area contributed by atoms with Crippen molar-refractivity contribution in [3.05, 3.63) is 71.7 Å². The molecule has 0 saturated heterocycles. The van der Waals surface area contributed by atoms with Crippen LogP contribution in [0.2, 0.25) is 0 Å². The van der Waals surface area contributed by atoms with Crippen molar-refractivity contribution in [2.45, 2.75) is 25.1 Å². The van der Waals surface area contributed by atoms with Crippen molar-refractivity contribution >= 4 is 22.2 Å². The molecule has 0 spiro atoms. The van der Waals surface area contributed by atoms with E-state index in [9.17, 15) is 22.7 Å². The number of ether oxygens (including phenoxy) is 1. The molecule has 1 aliphatic heterocycles. The zero-order valence-corrected chi connectivity index (χ0v) is 16.6. The molecule has 4 nitrogen and oxygen atoms in total. The maximum absolute atomic E-state index is 14.0. The average molecular weight is 432 g/mol. The van der Waals surface area contributed by atoms with Gasteiger partial charge >= 0.3 is 6.18 Å². The number of anilines is 1. The molecule has 4 rings (SSSR count). The number of fused-ring (bicyclic) bond motifs is 2. The molecule has 1 aromatic heterocycles. The van der Waals surface area contributed by atoms with E-state index < -0.39 is 30.6 Å². The summed E-state index contributed by atoms with van der Waals surface area (Å²) >= 11 is 0. The van der Waals surface area contributed by atoms with Gasteiger partial charge in [-0.2, -0.15) is 13.2 Å². The molecule has 8 heteroatoms. The number of aryl methyl sites for hydroxylation is 1. The predicted octanol–water partition coefficient (Wildman–Crippen LogP) is 5.25. The molecule has 0 bridgehead atoms. The number of para-hydroxylation sites is 1. The summed E-state index contributed by atoms with van der Waals surface area (Å²) in [6.45, 7) is 0.968. The molecule has 0 amide bonds. The lowest BCUT2D eigenvalue weighted by atomic mass is 9.88. The van der Waals surface area contributed by atoms with Gasteiger partial charge in [-0.25, -0.2) is 4.39 Å². The molecule has 1 atom stereocenters. The number of rotatable bonds is 5. The van der Waals surface area contributed by atoms with Crippen LogP contribution >= 0.6 is 0 Å². The van der Waals surface area contributed by atoms with Crippen molar-refractivity contribution in [1.82, 2.24) is 4.98 Å². The number of halogens is 4. The van der Waals surface area contributed by atoms with E-state index in [1.54, 1.807) is 30.3 Å². The number of hydrogen-bond donors (Lipinski definition) is 2. The summed E-state index contributed by atoms with van der Waals surface area (Å²) in [4.78, 5) is 4.37. The third-order valence-electron chi connectivity index (χ3n) is 5.32. The van der Waals surface area contributed by atoms with Gasteiger partial charge in [0.25, 0.3) is 0 Å². The Morgan fingerprint density at radius 1 is 1.10 bits per heavy atom. The molecule has 1 unspecified atom stereocenters. The summed E-state index contributed by atoms with van der Waals surface area (Å²) in [7, 11) is 0. The van der Waals surface area contributed by atoms with Crippen molar-refractivity contribution in [1.29, 1.82) is 0 Å². The minimum absolute atomic E-state index is 0.0705. The lowest BCUT2D eigenvalue weighted by Gasteiger charge is -2.33. The molecule has 2 N–H and O–H groups in total. The Bertz CT molecular complexity index is 1160. The fourth-order valence-corrected chi connectivity index (χ4v) is 3.64. The second-order valence-corrected chi connectivity index (χ2v) is 7.54. The molecule has 1 aliphatic rings. The normalized spacial score (nSPS) is 15.6. The van der Waals surface area contributed by atoms with Crippen LogP contribution in [0.25, 0.3) is 16.5 Å². The highest BCUT2D eigenvalue weighted by molar-refractivity contribution is 5.91. The largest absolute Gasteiger partial charge is 0.486 e. The van der Waals surface area contributed by atoms with E-state index in [0.717, 1.165) is 5.69 Å². The van der Waals surface area contributed by atoms with Crippen LogP contribution in [0.1, 0.15) is 17.7 Å². The molecular formula is C23H20F4N2O2. The number of nitrogens with zero attached hydrogens (tertiary/aromatic N) is 1. The van der Waals surface area contributed by atoms with Crippen LogP contribution in [0.5, 0.6) is 5.75 Å². The first-order valence-corrected chi connectivity index (χ1v) is 9.68. The Morgan fingerprint density at radius 3 is 2.65 bits per heavy atom. The Morgan fingerprint density at radius 2 is 1.87 bits per heavy atom. The number of nitrogens with one attached hydrogen (secondary N) is 1. The van der Waals surface area contributed by atoms with E-state index in [0.29, 0.717) is 16.6 Å². The van der Waals surface area contributed by atoms with Crippen LogP contribution in [0.3, 0.4) is 0 Å². The van der Waals surface area contributed by atoms with Gasteiger partial charge in [0, 0.05) is 28.8 Å². The van der Waals surface area contributed by atoms with E-state index in [2.05, 4.69) is 10.3 Å². The summed E-state index contributed by atoms with van der Waals surface area (Å²) in [6, 6.07) is 12.7. The summed E-state index contributed by atoms with van der Waals surface area (Å²) in [5.74, 6) is -0.761. The monoisotopic (exact) mass is 432 g/mol. The Labute approximate surface area is 176 Å². The minimum Gasteiger partial charge on any atom is -0.486 e. The quantitative estimate of drug-likeness (QED) is 0.541. The Hall–Kier alpha value is -3.13. The molecule has 0 fully saturated rings. The van der Waals surface area contributed by atoms with Crippen molar-refractivity contribution < 1.29 is 27.4 Å². The topological polar surface area (TPSA) is 54.4 Å². The van der Waals surface area contributed by atoms with Crippen LogP contribution < -0.4 is 10.1 Å². The number of hydrogen-bond acceptors (Lipinski definition) is 4. The number of pyridine rings is 1. The average Bonchev–Trinajstić information content (AvgIpc) is 2.72. The zero-order chi connectivity index (χ0) is 22.2. The molecule has 2 heterocycles. The van der Waals surface area contributed by atoms with E-state index in [1.807, 2.05) is 6.92 Å². The van der Waals surface area contributed by atoms with E-state index in [1.165, 1.54) is 24.3 Å². The first kappa shape index (κ1) is 21.1. The van der Waals surface area contributed by atoms with Crippen LogP contribution in [-0.2, 0) is 0 Å².